The van der Waals surface area contributed by atoms with E-state index in [2.05, 4.69) is 69.8 Å². The summed E-state index contributed by atoms with van der Waals surface area (Å²) in [5.74, 6) is 2.47. The minimum Gasteiger partial charge on any atom is -0.370 e. The SMILES string of the molecule is CC(NCc1ccc(N2CCSCC2)cc1)c1cccc2[nH]ncc12. The van der Waals surface area contributed by atoms with Crippen LogP contribution in [0.15, 0.2) is 48.7 Å². The Hall–Kier alpha value is -1.98. The molecule has 3 aromatic rings. The van der Waals surface area contributed by atoms with Gasteiger partial charge in [-0.3, -0.25) is 5.10 Å². The van der Waals surface area contributed by atoms with Crippen LogP contribution in [0.5, 0.6) is 0 Å². The van der Waals surface area contributed by atoms with Crippen molar-refractivity contribution in [1.29, 1.82) is 0 Å². The normalized spacial score (nSPS) is 16.3. The van der Waals surface area contributed by atoms with Crippen molar-refractivity contribution >= 4 is 28.4 Å². The van der Waals surface area contributed by atoms with Gasteiger partial charge in [0, 0.05) is 48.3 Å². The van der Waals surface area contributed by atoms with Crippen LogP contribution < -0.4 is 10.2 Å². The molecule has 1 unspecified atom stereocenters. The number of rotatable bonds is 5. The topological polar surface area (TPSA) is 44.0 Å². The van der Waals surface area contributed by atoms with Gasteiger partial charge >= 0.3 is 0 Å². The number of H-pyrrole nitrogens is 1. The van der Waals surface area contributed by atoms with E-state index in [9.17, 15) is 0 Å². The molecule has 0 bridgehead atoms. The number of fused-ring (bicyclic) bond motifs is 1. The Balaban J connectivity index is 1.40. The molecular formula is C20H24N4S. The van der Waals surface area contributed by atoms with Crippen molar-refractivity contribution in [2.75, 3.05) is 29.5 Å². The highest BCUT2D eigenvalue weighted by molar-refractivity contribution is 7.99. The van der Waals surface area contributed by atoms with Crippen molar-refractivity contribution in [2.24, 2.45) is 0 Å². The first-order chi connectivity index (χ1) is 12.3. The summed E-state index contributed by atoms with van der Waals surface area (Å²) in [6.45, 7) is 5.40. The number of aromatic amines is 1. The van der Waals surface area contributed by atoms with Crippen LogP contribution in [0.3, 0.4) is 0 Å². The molecule has 2 heterocycles. The van der Waals surface area contributed by atoms with Crippen LogP contribution in [-0.4, -0.2) is 34.8 Å². The number of hydrogen-bond donors (Lipinski definition) is 2. The standard InChI is InChI=1S/C20H24N4S/c1-15(18-3-2-4-20-19(18)14-22-23-20)21-13-16-5-7-17(8-6-16)24-9-11-25-12-10-24/h2-8,14-15,21H,9-13H2,1H3,(H,22,23). The molecule has 1 aliphatic heterocycles. The number of nitrogens with one attached hydrogen (secondary N) is 2. The molecule has 4 nitrogen and oxygen atoms in total. The van der Waals surface area contributed by atoms with Crippen LogP contribution in [0.25, 0.3) is 10.9 Å². The number of thioether (sulfide) groups is 1. The van der Waals surface area contributed by atoms with Crippen molar-refractivity contribution in [3.63, 3.8) is 0 Å². The average Bonchev–Trinajstić information content (AvgIpc) is 3.16. The van der Waals surface area contributed by atoms with Gasteiger partial charge in [0.25, 0.3) is 0 Å². The Labute approximate surface area is 153 Å². The van der Waals surface area contributed by atoms with Gasteiger partial charge in [0.15, 0.2) is 0 Å². The highest BCUT2D eigenvalue weighted by Gasteiger charge is 2.12. The summed E-state index contributed by atoms with van der Waals surface area (Å²) in [4.78, 5) is 2.48. The molecule has 0 saturated carbocycles. The summed E-state index contributed by atoms with van der Waals surface area (Å²) in [5, 5.41) is 12.0. The average molecular weight is 353 g/mol. The fourth-order valence-corrected chi connectivity index (χ4v) is 4.30. The fraction of sp³-hybridized carbons (Fsp3) is 0.350. The molecule has 2 aromatic carbocycles. The second-order valence-corrected chi connectivity index (χ2v) is 7.77. The summed E-state index contributed by atoms with van der Waals surface area (Å²) < 4.78 is 0. The van der Waals surface area contributed by atoms with Crippen LogP contribution >= 0.6 is 11.8 Å². The fourth-order valence-electron chi connectivity index (χ4n) is 3.40. The zero-order valence-electron chi connectivity index (χ0n) is 14.5. The summed E-state index contributed by atoms with van der Waals surface area (Å²) in [6.07, 6.45) is 1.91. The molecule has 1 aromatic heterocycles. The van der Waals surface area contributed by atoms with Gasteiger partial charge in [-0.05, 0) is 36.2 Å². The Morgan fingerprint density at radius 3 is 2.76 bits per heavy atom. The van der Waals surface area contributed by atoms with Crippen LogP contribution in [0.2, 0.25) is 0 Å². The van der Waals surface area contributed by atoms with Gasteiger partial charge in [0.2, 0.25) is 0 Å². The van der Waals surface area contributed by atoms with Gasteiger partial charge < -0.3 is 10.2 Å². The first kappa shape index (κ1) is 16.5. The predicted octanol–water partition coefficient (Wildman–Crippen LogP) is 3.97. The molecule has 5 heteroatoms. The van der Waals surface area contributed by atoms with Gasteiger partial charge in [-0.25, -0.2) is 0 Å². The van der Waals surface area contributed by atoms with Crippen molar-refractivity contribution in [3.05, 3.63) is 59.8 Å². The Bertz CT molecular complexity index is 821. The predicted molar refractivity (Wildman–Crippen MR) is 107 cm³/mol. The highest BCUT2D eigenvalue weighted by Crippen LogP contribution is 2.23. The van der Waals surface area contributed by atoms with E-state index in [0.29, 0.717) is 0 Å². The molecular weight excluding hydrogens is 328 g/mol. The first-order valence-corrected chi connectivity index (χ1v) is 10.0. The Morgan fingerprint density at radius 1 is 1.16 bits per heavy atom. The number of anilines is 1. The number of benzene rings is 2. The van der Waals surface area contributed by atoms with E-state index in [1.165, 1.54) is 33.7 Å². The lowest BCUT2D eigenvalue weighted by atomic mass is 10.0. The maximum absolute atomic E-state index is 4.16. The third kappa shape index (κ3) is 3.67. The second kappa shape index (κ2) is 7.50. The zero-order chi connectivity index (χ0) is 17.1. The lowest BCUT2D eigenvalue weighted by molar-refractivity contribution is 0.578. The molecule has 1 fully saturated rings. The Kier molecular flexibility index (Phi) is 4.95. The number of aromatic nitrogens is 2. The molecule has 1 aliphatic rings. The summed E-state index contributed by atoms with van der Waals surface area (Å²) in [7, 11) is 0. The lowest BCUT2D eigenvalue weighted by Gasteiger charge is -2.28. The maximum Gasteiger partial charge on any atom is 0.0653 e. The van der Waals surface area contributed by atoms with Gasteiger partial charge in [-0.2, -0.15) is 16.9 Å². The van der Waals surface area contributed by atoms with Gasteiger partial charge in [-0.1, -0.05) is 24.3 Å². The third-order valence-corrected chi connectivity index (χ3v) is 5.85. The molecule has 1 atom stereocenters. The lowest BCUT2D eigenvalue weighted by Crippen LogP contribution is -2.32. The molecule has 4 rings (SSSR count). The molecule has 0 aliphatic carbocycles. The molecule has 2 N–H and O–H groups in total. The molecule has 1 saturated heterocycles. The van der Waals surface area contributed by atoms with Crippen molar-refractivity contribution < 1.29 is 0 Å². The van der Waals surface area contributed by atoms with Crippen LogP contribution in [0.4, 0.5) is 5.69 Å². The molecule has 25 heavy (non-hydrogen) atoms. The molecule has 0 radical (unpaired) electrons. The van der Waals surface area contributed by atoms with Crippen LogP contribution in [0, 0.1) is 0 Å². The van der Waals surface area contributed by atoms with Crippen molar-refractivity contribution in [3.8, 4) is 0 Å². The quantitative estimate of drug-likeness (QED) is 0.729. The van der Waals surface area contributed by atoms with E-state index >= 15 is 0 Å². The summed E-state index contributed by atoms with van der Waals surface area (Å²) in [5.41, 5.74) is 5.05. The first-order valence-electron chi connectivity index (χ1n) is 8.88. The maximum atomic E-state index is 4.16. The van der Waals surface area contributed by atoms with Crippen LogP contribution in [0.1, 0.15) is 24.1 Å². The second-order valence-electron chi connectivity index (χ2n) is 6.55. The van der Waals surface area contributed by atoms with E-state index in [1.54, 1.807) is 0 Å². The monoisotopic (exact) mass is 352 g/mol. The van der Waals surface area contributed by atoms with E-state index < -0.39 is 0 Å². The van der Waals surface area contributed by atoms with Gasteiger partial charge in [0.1, 0.15) is 0 Å². The molecule has 0 spiro atoms. The summed E-state index contributed by atoms with van der Waals surface area (Å²) >= 11 is 2.05. The minimum atomic E-state index is 0.278. The highest BCUT2D eigenvalue weighted by atomic mass is 32.2. The smallest absolute Gasteiger partial charge is 0.0653 e. The largest absolute Gasteiger partial charge is 0.370 e. The van der Waals surface area contributed by atoms with E-state index in [0.717, 1.165) is 25.2 Å². The van der Waals surface area contributed by atoms with Crippen LogP contribution in [-0.2, 0) is 6.54 Å². The zero-order valence-corrected chi connectivity index (χ0v) is 15.4. The van der Waals surface area contributed by atoms with Gasteiger partial charge in [-0.15, -0.1) is 0 Å². The van der Waals surface area contributed by atoms with Crippen molar-refractivity contribution in [1.82, 2.24) is 15.5 Å². The summed E-state index contributed by atoms with van der Waals surface area (Å²) in [6, 6.07) is 15.6. The minimum absolute atomic E-state index is 0.278. The van der Waals surface area contributed by atoms with E-state index in [-0.39, 0.29) is 6.04 Å². The van der Waals surface area contributed by atoms with E-state index in [4.69, 9.17) is 0 Å². The van der Waals surface area contributed by atoms with Crippen molar-refractivity contribution in [2.45, 2.75) is 19.5 Å². The number of nitrogens with zero attached hydrogens (tertiary/aromatic N) is 2. The molecule has 0 amide bonds. The van der Waals surface area contributed by atoms with E-state index in [1.807, 2.05) is 18.0 Å². The van der Waals surface area contributed by atoms with Gasteiger partial charge in [0.05, 0.1) is 11.7 Å². The Morgan fingerprint density at radius 2 is 1.96 bits per heavy atom. The number of hydrogen-bond acceptors (Lipinski definition) is 4. The third-order valence-electron chi connectivity index (χ3n) is 4.91. The molecule has 130 valence electrons.